The molecule has 0 aromatic carbocycles. The number of aliphatic hydroxyl groups excluding tert-OH is 1. The molecular formula is C18H38N2O. The Hall–Kier alpha value is -0.120. The third-order valence-electron chi connectivity index (χ3n) is 4.68. The van der Waals surface area contributed by atoms with E-state index >= 15 is 0 Å². The van der Waals surface area contributed by atoms with E-state index in [1.54, 1.807) is 0 Å². The first-order valence-electron chi connectivity index (χ1n) is 8.89. The van der Waals surface area contributed by atoms with Crippen LogP contribution in [0.15, 0.2) is 0 Å². The molecule has 2 N–H and O–H groups in total. The lowest BCUT2D eigenvalue weighted by Crippen LogP contribution is -2.48. The Morgan fingerprint density at radius 2 is 1.95 bits per heavy atom. The maximum atomic E-state index is 9.07. The molecule has 0 spiro atoms. The topological polar surface area (TPSA) is 35.5 Å². The standard InChI is InChI=1S/C18H38N2O/c1-6-11-18(5,14-19-17(2,3)4)15-20-12-7-9-16(20)10-8-13-21/h16,19,21H,6-15H2,1-5H3. The van der Waals surface area contributed by atoms with Crippen LogP contribution >= 0.6 is 0 Å². The summed E-state index contributed by atoms with van der Waals surface area (Å²) in [6.07, 6.45) is 7.27. The second-order valence-corrected chi connectivity index (χ2v) is 8.30. The van der Waals surface area contributed by atoms with Gasteiger partial charge in [-0.1, -0.05) is 20.3 Å². The molecule has 1 fully saturated rings. The Morgan fingerprint density at radius 1 is 1.24 bits per heavy atom. The van der Waals surface area contributed by atoms with E-state index in [1.807, 2.05) is 0 Å². The van der Waals surface area contributed by atoms with E-state index in [0.29, 0.717) is 18.1 Å². The molecule has 1 aliphatic rings. The molecule has 1 aliphatic heterocycles. The van der Waals surface area contributed by atoms with E-state index in [4.69, 9.17) is 5.11 Å². The molecule has 2 unspecified atom stereocenters. The van der Waals surface area contributed by atoms with Gasteiger partial charge in [-0.3, -0.25) is 4.90 Å². The van der Waals surface area contributed by atoms with Gasteiger partial charge in [0.1, 0.15) is 0 Å². The SMILES string of the molecule is CCCC(C)(CNC(C)(C)C)CN1CCCC1CCCO. The second kappa shape index (κ2) is 8.50. The van der Waals surface area contributed by atoms with Crippen molar-refractivity contribution in [2.45, 2.75) is 84.7 Å². The highest BCUT2D eigenvalue weighted by molar-refractivity contribution is 4.88. The highest BCUT2D eigenvalue weighted by Gasteiger charge is 2.32. The summed E-state index contributed by atoms with van der Waals surface area (Å²) in [5, 5.41) is 12.8. The molecule has 0 radical (unpaired) electrons. The summed E-state index contributed by atoms with van der Waals surface area (Å²) >= 11 is 0. The van der Waals surface area contributed by atoms with Gasteiger partial charge in [-0.2, -0.15) is 0 Å². The number of nitrogens with zero attached hydrogens (tertiary/aromatic N) is 1. The Bertz CT molecular complexity index is 287. The summed E-state index contributed by atoms with van der Waals surface area (Å²) in [6, 6.07) is 0.697. The molecule has 2 atom stereocenters. The maximum Gasteiger partial charge on any atom is 0.0431 e. The molecular weight excluding hydrogens is 260 g/mol. The predicted octanol–water partition coefficient (Wildman–Crippen LogP) is 3.42. The summed E-state index contributed by atoms with van der Waals surface area (Å²) < 4.78 is 0. The molecule has 0 amide bonds. The lowest BCUT2D eigenvalue weighted by atomic mass is 9.83. The summed E-state index contributed by atoms with van der Waals surface area (Å²) in [4.78, 5) is 2.69. The van der Waals surface area contributed by atoms with E-state index in [2.05, 4.69) is 44.8 Å². The molecule has 0 aliphatic carbocycles. The molecule has 21 heavy (non-hydrogen) atoms. The zero-order chi connectivity index (χ0) is 15.9. The minimum absolute atomic E-state index is 0.191. The van der Waals surface area contributed by atoms with Crippen molar-refractivity contribution >= 4 is 0 Å². The van der Waals surface area contributed by atoms with Crippen molar-refractivity contribution in [3.63, 3.8) is 0 Å². The minimum atomic E-state index is 0.191. The Morgan fingerprint density at radius 3 is 2.52 bits per heavy atom. The van der Waals surface area contributed by atoms with E-state index < -0.39 is 0 Å². The van der Waals surface area contributed by atoms with Crippen molar-refractivity contribution in [3.05, 3.63) is 0 Å². The molecule has 1 heterocycles. The lowest BCUT2D eigenvalue weighted by molar-refractivity contribution is 0.123. The monoisotopic (exact) mass is 298 g/mol. The van der Waals surface area contributed by atoms with Crippen LogP contribution in [-0.4, -0.2) is 47.8 Å². The van der Waals surface area contributed by atoms with Gasteiger partial charge in [0.25, 0.3) is 0 Å². The van der Waals surface area contributed by atoms with Crippen molar-refractivity contribution in [1.82, 2.24) is 10.2 Å². The lowest BCUT2D eigenvalue weighted by Gasteiger charge is -2.38. The number of likely N-dealkylation sites (tertiary alicyclic amines) is 1. The van der Waals surface area contributed by atoms with Gasteiger partial charge in [-0.05, 0) is 64.8 Å². The highest BCUT2D eigenvalue weighted by Crippen LogP contribution is 2.30. The first kappa shape index (κ1) is 18.9. The van der Waals surface area contributed by atoms with Crippen LogP contribution in [-0.2, 0) is 0 Å². The number of rotatable bonds is 9. The van der Waals surface area contributed by atoms with Crippen molar-refractivity contribution in [2.24, 2.45) is 5.41 Å². The van der Waals surface area contributed by atoms with Gasteiger partial charge in [0.05, 0.1) is 0 Å². The van der Waals surface area contributed by atoms with Crippen LogP contribution in [0.2, 0.25) is 0 Å². The summed E-state index contributed by atoms with van der Waals surface area (Å²) in [5.74, 6) is 0. The Kier molecular flexibility index (Phi) is 7.66. The number of hydrogen-bond donors (Lipinski definition) is 2. The molecule has 1 saturated heterocycles. The van der Waals surface area contributed by atoms with Crippen LogP contribution in [0.4, 0.5) is 0 Å². The number of nitrogens with one attached hydrogen (secondary N) is 1. The Balaban J connectivity index is 2.58. The molecule has 3 heteroatoms. The van der Waals surface area contributed by atoms with Crippen molar-refractivity contribution in [2.75, 3.05) is 26.2 Å². The van der Waals surface area contributed by atoms with Gasteiger partial charge in [0.2, 0.25) is 0 Å². The fourth-order valence-electron chi connectivity index (χ4n) is 3.55. The van der Waals surface area contributed by atoms with E-state index in [9.17, 15) is 0 Å². The van der Waals surface area contributed by atoms with Gasteiger partial charge in [-0.25, -0.2) is 0 Å². The zero-order valence-corrected chi connectivity index (χ0v) is 15.0. The van der Waals surface area contributed by atoms with Crippen LogP contribution in [0, 0.1) is 5.41 Å². The van der Waals surface area contributed by atoms with Gasteiger partial charge in [0.15, 0.2) is 0 Å². The second-order valence-electron chi connectivity index (χ2n) is 8.30. The predicted molar refractivity (Wildman–Crippen MR) is 91.7 cm³/mol. The normalized spacial score (nSPS) is 23.4. The fourth-order valence-corrected chi connectivity index (χ4v) is 3.55. The summed E-state index contributed by atoms with van der Waals surface area (Å²) in [7, 11) is 0. The summed E-state index contributed by atoms with van der Waals surface area (Å²) in [5.41, 5.74) is 0.542. The van der Waals surface area contributed by atoms with E-state index in [0.717, 1.165) is 19.4 Å². The first-order valence-corrected chi connectivity index (χ1v) is 8.89. The minimum Gasteiger partial charge on any atom is -0.396 e. The zero-order valence-electron chi connectivity index (χ0n) is 15.0. The molecule has 0 saturated carbocycles. The molecule has 0 bridgehead atoms. The van der Waals surface area contributed by atoms with Crippen molar-refractivity contribution in [3.8, 4) is 0 Å². The van der Waals surface area contributed by atoms with Crippen LogP contribution in [0.25, 0.3) is 0 Å². The number of hydrogen-bond acceptors (Lipinski definition) is 3. The fraction of sp³-hybridized carbons (Fsp3) is 1.00. The smallest absolute Gasteiger partial charge is 0.0431 e. The molecule has 0 aromatic rings. The molecule has 126 valence electrons. The van der Waals surface area contributed by atoms with Gasteiger partial charge < -0.3 is 10.4 Å². The Labute approximate surface area is 132 Å². The van der Waals surface area contributed by atoms with E-state index in [-0.39, 0.29) is 5.54 Å². The van der Waals surface area contributed by atoms with Gasteiger partial charge in [-0.15, -0.1) is 0 Å². The largest absolute Gasteiger partial charge is 0.396 e. The molecule has 3 nitrogen and oxygen atoms in total. The first-order chi connectivity index (χ1) is 9.79. The van der Waals surface area contributed by atoms with E-state index in [1.165, 1.54) is 38.8 Å². The molecule has 1 rings (SSSR count). The van der Waals surface area contributed by atoms with Crippen molar-refractivity contribution in [1.29, 1.82) is 0 Å². The van der Waals surface area contributed by atoms with Crippen LogP contribution in [0.5, 0.6) is 0 Å². The van der Waals surface area contributed by atoms with Crippen LogP contribution in [0.1, 0.15) is 73.1 Å². The number of aliphatic hydroxyl groups is 1. The maximum absolute atomic E-state index is 9.07. The third-order valence-corrected chi connectivity index (χ3v) is 4.68. The quantitative estimate of drug-likeness (QED) is 0.684. The van der Waals surface area contributed by atoms with Gasteiger partial charge >= 0.3 is 0 Å². The van der Waals surface area contributed by atoms with Crippen molar-refractivity contribution < 1.29 is 5.11 Å². The average molecular weight is 299 g/mol. The summed E-state index contributed by atoms with van der Waals surface area (Å²) in [6.45, 7) is 15.3. The average Bonchev–Trinajstić information content (AvgIpc) is 2.81. The highest BCUT2D eigenvalue weighted by atomic mass is 16.2. The van der Waals surface area contributed by atoms with Crippen LogP contribution < -0.4 is 5.32 Å². The van der Waals surface area contributed by atoms with Crippen LogP contribution in [0.3, 0.4) is 0 Å². The van der Waals surface area contributed by atoms with Gasteiger partial charge in [0, 0.05) is 31.3 Å². The molecule has 0 aromatic heterocycles. The third kappa shape index (κ3) is 7.12.